The van der Waals surface area contributed by atoms with Crippen molar-refractivity contribution in [2.75, 3.05) is 46.8 Å². The Morgan fingerprint density at radius 2 is 1.80 bits per heavy atom. The first kappa shape index (κ1) is 17.4. The van der Waals surface area contributed by atoms with E-state index in [4.69, 9.17) is 0 Å². The lowest BCUT2D eigenvalue weighted by atomic mass is 10.1. The molecule has 1 saturated heterocycles. The summed E-state index contributed by atoms with van der Waals surface area (Å²) in [6.45, 7) is 7.64. The second-order valence-electron chi connectivity index (χ2n) is 5.89. The first-order valence-corrected chi connectivity index (χ1v) is 8.10. The van der Waals surface area contributed by atoms with Gasteiger partial charge in [-0.05, 0) is 12.3 Å². The molecule has 0 bridgehead atoms. The normalized spacial score (nSPS) is 18.8. The van der Waals surface area contributed by atoms with Gasteiger partial charge in [0.2, 0.25) is 11.8 Å². The molecule has 5 nitrogen and oxygen atoms in total. The van der Waals surface area contributed by atoms with Gasteiger partial charge in [-0.15, -0.1) is 0 Å². The van der Waals surface area contributed by atoms with Crippen LogP contribution in [-0.2, 0) is 9.59 Å². The van der Waals surface area contributed by atoms with Gasteiger partial charge in [0.1, 0.15) is 0 Å². The third-order valence-corrected chi connectivity index (χ3v) is 5.03. The van der Waals surface area contributed by atoms with Crippen LogP contribution in [0.4, 0.5) is 0 Å². The molecule has 116 valence electrons. The van der Waals surface area contributed by atoms with Gasteiger partial charge in [0.05, 0.1) is 11.4 Å². The lowest BCUT2D eigenvalue weighted by molar-refractivity contribution is -0.131. The Bertz CT molecular complexity index is 347. The molecule has 0 spiro atoms. The standard InChI is InChI=1S/C14H26BrN3O2/c1-11(2)13(15)14(20)18-7-5-6-17(8-9-18)10-12(19)16(3)4/h11,13H,5-10H2,1-4H3. The number of amides is 2. The van der Waals surface area contributed by atoms with Crippen molar-refractivity contribution in [3.8, 4) is 0 Å². The fourth-order valence-corrected chi connectivity index (χ4v) is 2.43. The van der Waals surface area contributed by atoms with Gasteiger partial charge >= 0.3 is 0 Å². The van der Waals surface area contributed by atoms with Crippen LogP contribution < -0.4 is 0 Å². The monoisotopic (exact) mass is 347 g/mol. The van der Waals surface area contributed by atoms with Gasteiger partial charge < -0.3 is 9.80 Å². The van der Waals surface area contributed by atoms with Gasteiger partial charge in [-0.1, -0.05) is 29.8 Å². The average molecular weight is 348 g/mol. The lowest BCUT2D eigenvalue weighted by Crippen LogP contribution is -2.42. The molecular formula is C14H26BrN3O2. The first-order chi connectivity index (χ1) is 9.32. The number of hydrogen-bond donors (Lipinski definition) is 0. The van der Waals surface area contributed by atoms with Crippen LogP contribution in [0.5, 0.6) is 0 Å². The highest BCUT2D eigenvalue weighted by Crippen LogP contribution is 2.16. The molecule has 1 aliphatic heterocycles. The van der Waals surface area contributed by atoms with Crippen molar-refractivity contribution in [1.29, 1.82) is 0 Å². The molecule has 1 atom stereocenters. The van der Waals surface area contributed by atoms with E-state index in [9.17, 15) is 9.59 Å². The van der Waals surface area contributed by atoms with Crippen molar-refractivity contribution in [3.05, 3.63) is 0 Å². The van der Waals surface area contributed by atoms with Crippen LogP contribution in [0.15, 0.2) is 0 Å². The van der Waals surface area contributed by atoms with Crippen molar-refractivity contribution >= 4 is 27.7 Å². The van der Waals surface area contributed by atoms with Crippen LogP contribution in [0.3, 0.4) is 0 Å². The number of carbonyl (C=O) groups excluding carboxylic acids is 2. The molecular weight excluding hydrogens is 322 g/mol. The minimum atomic E-state index is -0.113. The SMILES string of the molecule is CC(C)C(Br)C(=O)N1CCCN(CC(=O)N(C)C)CC1. The molecule has 1 fully saturated rings. The van der Waals surface area contributed by atoms with Crippen LogP contribution in [0.25, 0.3) is 0 Å². The zero-order valence-corrected chi connectivity index (χ0v) is 14.5. The zero-order chi connectivity index (χ0) is 15.3. The third kappa shape index (κ3) is 5.05. The van der Waals surface area contributed by atoms with Crippen molar-refractivity contribution < 1.29 is 9.59 Å². The number of alkyl halides is 1. The van der Waals surface area contributed by atoms with E-state index in [0.717, 1.165) is 26.1 Å². The molecule has 1 rings (SSSR count). The van der Waals surface area contributed by atoms with E-state index in [2.05, 4.69) is 20.8 Å². The van der Waals surface area contributed by atoms with E-state index in [1.165, 1.54) is 0 Å². The van der Waals surface area contributed by atoms with Crippen LogP contribution in [0, 0.1) is 5.92 Å². The van der Waals surface area contributed by atoms with Crippen LogP contribution in [0.1, 0.15) is 20.3 Å². The predicted octanol–water partition coefficient (Wildman–Crippen LogP) is 1.03. The van der Waals surface area contributed by atoms with Crippen molar-refractivity contribution in [1.82, 2.24) is 14.7 Å². The molecule has 2 amide bonds. The summed E-state index contributed by atoms with van der Waals surface area (Å²) in [7, 11) is 3.54. The first-order valence-electron chi connectivity index (χ1n) is 7.18. The van der Waals surface area contributed by atoms with Gasteiger partial charge in [0.15, 0.2) is 0 Å². The number of hydrogen-bond acceptors (Lipinski definition) is 3. The van der Waals surface area contributed by atoms with E-state index < -0.39 is 0 Å². The second-order valence-corrected chi connectivity index (χ2v) is 6.88. The minimum Gasteiger partial charge on any atom is -0.348 e. The van der Waals surface area contributed by atoms with Gasteiger partial charge in [-0.3, -0.25) is 14.5 Å². The van der Waals surface area contributed by atoms with Gasteiger partial charge in [-0.25, -0.2) is 0 Å². The summed E-state index contributed by atoms with van der Waals surface area (Å²) in [6, 6.07) is 0. The topological polar surface area (TPSA) is 43.9 Å². The number of halogens is 1. The molecule has 6 heteroatoms. The zero-order valence-electron chi connectivity index (χ0n) is 12.9. The molecule has 0 aromatic rings. The van der Waals surface area contributed by atoms with Crippen LogP contribution in [-0.4, -0.2) is 78.2 Å². The molecule has 1 heterocycles. The fourth-order valence-electron chi connectivity index (χ4n) is 2.14. The summed E-state index contributed by atoms with van der Waals surface area (Å²) in [4.78, 5) is 29.6. The highest BCUT2D eigenvalue weighted by Gasteiger charge is 2.26. The molecule has 0 radical (unpaired) electrons. The van der Waals surface area contributed by atoms with E-state index in [0.29, 0.717) is 13.1 Å². The number of nitrogens with zero attached hydrogens (tertiary/aromatic N) is 3. The highest BCUT2D eigenvalue weighted by atomic mass is 79.9. The Morgan fingerprint density at radius 3 is 2.35 bits per heavy atom. The van der Waals surface area contributed by atoms with E-state index in [1.54, 1.807) is 19.0 Å². The van der Waals surface area contributed by atoms with E-state index in [1.807, 2.05) is 18.7 Å². The lowest BCUT2D eigenvalue weighted by Gasteiger charge is -2.25. The molecule has 1 aliphatic rings. The summed E-state index contributed by atoms with van der Waals surface area (Å²) in [5.41, 5.74) is 0. The second kappa shape index (κ2) is 7.98. The Balaban J connectivity index is 2.51. The third-order valence-electron chi connectivity index (χ3n) is 3.58. The van der Waals surface area contributed by atoms with E-state index >= 15 is 0 Å². The maximum Gasteiger partial charge on any atom is 0.236 e. The molecule has 0 aromatic carbocycles. The predicted molar refractivity (Wildman–Crippen MR) is 83.9 cm³/mol. The van der Waals surface area contributed by atoms with Crippen molar-refractivity contribution in [3.63, 3.8) is 0 Å². The largest absolute Gasteiger partial charge is 0.348 e. The van der Waals surface area contributed by atoms with Gasteiger partial charge in [0, 0.05) is 40.3 Å². The highest BCUT2D eigenvalue weighted by molar-refractivity contribution is 9.10. The van der Waals surface area contributed by atoms with Gasteiger partial charge in [0.25, 0.3) is 0 Å². The maximum absolute atomic E-state index is 12.3. The van der Waals surface area contributed by atoms with Crippen LogP contribution >= 0.6 is 15.9 Å². The molecule has 20 heavy (non-hydrogen) atoms. The van der Waals surface area contributed by atoms with Crippen LogP contribution in [0.2, 0.25) is 0 Å². The Hall–Kier alpha value is -0.620. The summed E-state index contributed by atoms with van der Waals surface area (Å²) in [6.07, 6.45) is 0.921. The Kier molecular flexibility index (Phi) is 6.95. The summed E-state index contributed by atoms with van der Waals surface area (Å²) in [5, 5.41) is 0. The summed E-state index contributed by atoms with van der Waals surface area (Å²) < 4.78 is 0. The number of carbonyl (C=O) groups is 2. The van der Waals surface area contributed by atoms with Crippen molar-refractivity contribution in [2.45, 2.75) is 25.1 Å². The molecule has 0 aliphatic carbocycles. The summed E-state index contributed by atoms with van der Waals surface area (Å²) in [5.74, 6) is 0.572. The number of likely N-dealkylation sites (N-methyl/N-ethyl adjacent to an activating group) is 1. The smallest absolute Gasteiger partial charge is 0.236 e. The minimum absolute atomic E-state index is 0.113. The quantitative estimate of drug-likeness (QED) is 0.713. The average Bonchev–Trinajstić information content (AvgIpc) is 2.62. The van der Waals surface area contributed by atoms with Gasteiger partial charge in [-0.2, -0.15) is 0 Å². The molecule has 0 N–H and O–H groups in total. The van der Waals surface area contributed by atoms with Crippen molar-refractivity contribution in [2.24, 2.45) is 5.92 Å². The molecule has 1 unspecified atom stereocenters. The number of rotatable bonds is 4. The fraction of sp³-hybridized carbons (Fsp3) is 0.857. The Labute approximate surface area is 130 Å². The molecule has 0 saturated carbocycles. The maximum atomic E-state index is 12.3. The Morgan fingerprint density at radius 1 is 1.15 bits per heavy atom. The summed E-state index contributed by atoms with van der Waals surface area (Å²) >= 11 is 3.48. The van der Waals surface area contributed by atoms with E-state index in [-0.39, 0.29) is 22.6 Å². The molecule has 0 aromatic heterocycles.